The summed E-state index contributed by atoms with van der Waals surface area (Å²) in [6.07, 6.45) is -0.0326. The summed E-state index contributed by atoms with van der Waals surface area (Å²) in [5.74, 6) is -1.34. The summed E-state index contributed by atoms with van der Waals surface area (Å²) in [6.45, 7) is 10.3. The Balaban J connectivity index is 3.91. The zero-order valence-corrected chi connectivity index (χ0v) is 13.2. The molecule has 1 amide bonds. The van der Waals surface area contributed by atoms with E-state index in [1.54, 1.807) is 41.5 Å². The van der Waals surface area contributed by atoms with Crippen molar-refractivity contribution < 1.29 is 23.9 Å². The Hall–Kier alpha value is -1.59. The van der Waals surface area contributed by atoms with Crippen molar-refractivity contribution in [3.05, 3.63) is 0 Å². The SMILES string of the molecule is CC(C)(C)OC(=O)CCC(=O)NCC(=O)OC(C)(C)C. The number of esters is 2. The fourth-order valence-electron chi connectivity index (χ4n) is 1.24. The molecule has 0 aromatic heterocycles. The first-order valence-corrected chi connectivity index (χ1v) is 6.59. The van der Waals surface area contributed by atoms with Crippen molar-refractivity contribution in [2.24, 2.45) is 0 Å². The van der Waals surface area contributed by atoms with Gasteiger partial charge in [-0.05, 0) is 41.5 Å². The van der Waals surface area contributed by atoms with E-state index >= 15 is 0 Å². The Morgan fingerprint density at radius 2 is 1.25 bits per heavy atom. The second-order valence-corrected chi connectivity index (χ2v) is 6.45. The van der Waals surface area contributed by atoms with Crippen LogP contribution in [-0.2, 0) is 23.9 Å². The maximum Gasteiger partial charge on any atom is 0.325 e. The lowest BCUT2D eigenvalue weighted by Crippen LogP contribution is -2.35. The van der Waals surface area contributed by atoms with E-state index < -0.39 is 23.1 Å². The maximum absolute atomic E-state index is 11.5. The molecule has 0 atom stereocenters. The molecule has 0 spiro atoms. The Bertz CT molecular complexity index is 329. The minimum atomic E-state index is -0.585. The summed E-state index contributed by atoms with van der Waals surface area (Å²) in [5.41, 5.74) is -1.15. The maximum atomic E-state index is 11.5. The molecule has 6 nitrogen and oxygen atoms in total. The van der Waals surface area contributed by atoms with Gasteiger partial charge in [-0.3, -0.25) is 14.4 Å². The second-order valence-electron chi connectivity index (χ2n) is 6.45. The highest BCUT2D eigenvalue weighted by Crippen LogP contribution is 2.09. The van der Waals surface area contributed by atoms with E-state index in [-0.39, 0.29) is 25.3 Å². The molecule has 0 aromatic rings. The Morgan fingerprint density at radius 1 is 0.800 bits per heavy atom. The van der Waals surface area contributed by atoms with Gasteiger partial charge in [0, 0.05) is 6.42 Å². The van der Waals surface area contributed by atoms with Gasteiger partial charge in [-0.1, -0.05) is 0 Å². The molecule has 116 valence electrons. The molecule has 0 saturated heterocycles. The van der Waals surface area contributed by atoms with Gasteiger partial charge in [0.2, 0.25) is 5.91 Å². The lowest BCUT2D eigenvalue weighted by Gasteiger charge is -2.20. The van der Waals surface area contributed by atoms with Crippen molar-refractivity contribution in [3.8, 4) is 0 Å². The lowest BCUT2D eigenvalue weighted by molar-refractivity contribution is -0.155. The topological polar surface area (TPSA) is 81.7 Å². The van der Waals surface area contributed by atoms with Gasteiger partial charge in [-0.15, -0.1) is 0 Å². The zero-order valence-electron chi connectivity index (χ0n) is 13.2. The van der Waals surface area contributed by atoms with Gasteiger partial charge in [0.1, 0.15) is 17.7 Å². The Kier molecular flexibility index (Phi) is 6.68. The first-order valence-electron chi connectivity index (χ1n) is 6.59. The molecule has 0 heterocycles. The number of hydrogen-bond acceptors (Lipinski definition) is 5. The van der Waals surface area contributed by atoms with Gasteiger partial charge in [0.25, 0.3) is 0 Å². The van der Waals surface area contributed by atoms with E-state index in [9.17, 15) is 14.4 Å². The van der Waals surface area contributed by atoms with Crippen molar-refractivity contribution in [1.82, 2.24) is 5.32 Å². The highest BCUT2D eigenvalue weighted by molar-refractivity contribution is 5.84. The van der Waals surface area contributed by atoms with Crippen molar-refractivity contribution >= 4 is 17.8 Å². The van der Waals surface area contributed by atoms with Crippen molar-refractivity contribution in [2.75, 3.05) is 6.54 Å². The molecular formula is C14H25NO5. The first-order chi connectivity index (χ1) is 8.89. The standard InChI is InChI=1S/C14H25NO5/c1-13(2,3)19-11(17)8-7-10(16)15-9-12(18)20-14(4,5)6/h7-9H2,1-6H3,(H,15,16). The second kappa shape index (κ2) is 7.26. The molecule has 6 heteroatoms. The minimum Gasteiger partial charge on any atom is -0.460 e. The average Bonchev–Trinajstić information content (AvgIpc) is 2.18. The molecule has 0 aliphatic heterocycles. The van der Waals surface area contributed by atoms with Crippen LogP contribution in [0.15, 0.2) is 0 Å². The quantitative estimate of drug-likeness (QED) is 0.776. The molecular weight excluding hydrogens is 262 g/mol. The lowest BCUT2D eigenvalue weighted by atomic mass is 10.2. The largest absolute Gasteiger partial charge is 0.460 e. The van der Waals surface area contributed by atoms with Crippen LogP contribution >= 0.6 is 0 Å². The normalized spacial score (nSPS) is 11.7. The number of carbonyl (C=O) groups is 3. The van der Waals surface area contributed by atoms with Crippen LogP contribution in [0.3, 0.4) is 0 Å². The summed E-state index contributed by atoms with van der Waals surface area (Å²) >= 11 is 0. The van der Waals surface area contributed by atoms with Gasteiger partial charge in [0.15, 0.2) is 0 Å². The molecule has 1 N–H and O–H groups in total. The predicted molar refractivity (Wildman–Crippen MR) is 73.9 cm³/mol. The van der Waals surface area contributed by atoms with E-state index in [0.29, 0.717) is 0 Å². The molecule has 0 aliphatic carbocycles. The number of carbonyl (C=O) groups excluding carboxylic acids is 3. The fourth-order valence-corrected chi connectivity index (χ4v) is 1.24. The first kappa shape index (κ1) is 18.4. The Morgan fingerprint density at radius 3 is 1.70 bits per heavy atom. The fraction of sp³-hybridized carbons (Fsp3) is 0.786. The molecule has 0 aliphatic rings. The molecule has 0 unspecified atom stereocenters. The number of amides is 1. The van der Waals surface area contributed by atoms with E-state index in [4.69, 9.17) is 9.47 Å². The molecule has 0 aromatic carbocycles. The summed E-state index contributed by atoms with van der Waals surface area (Å²) in [6, 6.07) is 0. The summed E-state index contributed by atoms with van der Waals surface area (Å²) in [5, 5.41) is 2.40. The van der Waals surface area contributed by atoms with Crippen molar-refractivity contribution in [1.29, 1.82) is 0 Å². The third-order valence-corrected chi connectivity index (χ3v) is 1.83. The number of ether oxygens (including phenoxy) is 2. The van der Waals surface area contributed by atoms with Crippen LogP contribution in [0.4, 0.5) is 0 Å². The predicted octanol–water partition coefficient (Wildman–Crippen LogP) is 1.57. The van der Waals surface area contributed by atoms with Crippen LogP contribution < -0.4 is 5.32 Å². The molecule has 0 saturated carbocycles. The van der Waals surface area contributed by atoms with Crippen LogP contribution in [0, 0.1) is 0 Å². The van der Waals surface area contributed by atoms with Crippen LogP contribution in [-0.4, -0.2) is 35.6 Å². The van der Waals surface area contributed by atoms with E-state index in [0.717, 1.165) is 0 Å². The van der Waals surface area contributed by atoms with Gasteiger partial charge in [-0.25, -0.2) is 0 Å². The molecule has 20 heavy (non-hydrogen) atoms. The summed E-state index contributed by atoms with van der Waals surface area (Å²) in [7, 11) is 0. The van der Waals surface area contributed by atoms with Gasteiger partial charge in [-0.2, -0.15) is 0 Å². The van der Waals surface area contributed by atoms with E-state index in [1.807, 2.05) is 0 Å². The van der Waals surface area contributed by atoms with Crippen LogP contribution in [0.1, 0.15) is 54.4 Å². The van der Waals surface area contributed by atoms with E-state index in [2.05, 4.69) is 5.32 Å². The molecule has 0 radical (unpaired) electrons. The molecule has 0 rings (SSSR count). The number of nitrogens with one attached hydrogen (secondary N) is 1. The van der Waals surface area contributed by atoms with Gasteiger partial charge >= 0.3 is 11.9 Å². The summed E-state index contributed by atoms with van der Waals surface area (Å²) < 4.78 is 10.1. The highest BCUT2D eigenvalue weighted by Gasteiger charge is 2.18. The molecule has 0 fully saturated rings. The van der Waals surface area contributed by atoms with E-state index in [1.165, 1.54) is 0 Å². The third-order valence-electron chi connectivity index (χ3n) is 1.83. The third kappa shape index (κ3) is 11.5. The number of hydrogen-bond donors (Lipinski definition) is 1. The van der Waals surface area contributed by atoms with Crippen LogP contribution in [0.2, 0.25) is 0 Å². The van der Waals surface area contributed by atoms with Crippen molar-refractivity contribution in [2.45, 2.75) is 65.6 Å². The van der Waals surface area contributed by atoms with Crippen molar-refractivity contribution in [3.63, 3.8) is 0 Å². The van der Waals surface area contributed by atoms with Gasteiger partial charge in [0.05, 0.1) is 6.42 Å². The molecule has 0 bridgehead atoms. The van der Waals surface area contributed by atoms with Gasteiger partial charge < -0.3 is 14.8 Å². The highest BCUT2D eigenvalue weighted by atomic mass is 16.6. The zero-order chi connectivity index (χ0) is 16.0. The van der Waals surface area contributed by atoms with Crippen LogP contribution in [0.5, 0.6) is 0 Å². The Labute approximate surface area is 120 Å². The summed E-state index contributed by atoms with van der Waals surface area (Å²) in [4.78, 5) is 34.2. The van der Waals surface area contributed by atoms with Crippen LogP contribution in [0.25, 0.3) is 0 Å². The smallest absolute Gasteiger partial charge is 0.325 e. The minimum absolute atomic E-state index is 0.0162. The average molecular weight is 287 g/mol. The number of rotatable bonds is 5. The monoisotopic (exact) mass is 287 g/mol.